The van der Waals surface area contributed by atoms with E-state index in [2.05, 4.69) is 10.4 Å². The van der Waals surface area contributed by atoms with Gasteiger partial charge in [-0.3, -0.25) is 9.59 Å². The molecule has 1 N–H and O–H groups in total. The van der Waals surface area contributed by atoms with Crippen LogP contribution in [-0.4, -0.2) is 45.0 Å². The van der Waals surface area contributed by atoms with E-state index < -0.39 is 42.3 Å². The van der Waals surface area contributed by atoms with Crippen LogP contribution in [0.1, 0.15) is 44.2 Å². The standard InChI is InChI=1S/C30H29F3N4O2/c1-30(16-25(32)33)27(35-28(38)19-7-8-19)26(18-5-3-2-4-6-18)36(29(30)39)23-13-14-24-20(15-23)17-34-37(24)22-11-9-21(31)10-12-22/h2-6,9-12,14-15,17,19,23,25-27H,7-8,13,16H2,1H3,(H,35,38)/t23?,26-,27-,30+/m1/s1. The summed E-state index contributed by atoms with van der Waals surface area (Å²) >= 11 is 0. The third-order valence-corrected chi connectivity index (χ3v) is 8.18. The number of likely N-dealkylation sites (tertiary alicyclic amines) is 1. The minimum Gasteiger partial charge on any atom is -0.350 e. The molecule has 2 heterocycles. The SMILES string of the molecule is C[C@@]1(CC(F)F)C(=O)N(C2C=c3cnn(-c4ccc(F)cc4)c3=CC2)[C@H](c2ccccc2)[C@H]1NC(=O)C1CC1. The third-order valence-electron chi connectivity index (χ3n) is 8.18. The molecular weight excluding hydrogens is 505 g/mol. The molecule has 1 aliphatic heterocycles. The van der Waals surface area contributed by atoms with Gasteiger partial charge in [-0.25, -0.2) is 17.9 Å². The Morgan fingerprint density at radius 2 is 1.85 bits per heavy atom. The van der Waals surface area contributed by atoms with Gasteiger partial charge in [-0.1, -0.05) is 42.5 Å². The molecule has 2 amide bonds. The molecule has 6 rings (SSSR count). The molecule has 1 saturated heterocycles. The molecule has 6 nitrogen and oxygen atoms in total. The summed E-state index contributed by atoms with van der Waals surface area (Å²) in [6, 6.07) is 13.5. The monoisotopic (exact) mass is 534 g/mol. The second-order valence-electron chi connectivity index (χ2n) is 10.9. The molecule has 3 aromatic rings. The smallest absolute Gasteiger partial charge is 0.239 e. The van der Waals surface area contributed by atoms with Gasteiger partial charge in [0.2, 0.25) is 18.2 Å². The number of fused-ring (bicyclic) bond motifs is 1. The molecule has 1 aromatic heterocycles. The van der Waals surface area contributed by atoms with Gasteiger partial charge in [0.1, 0.15) is 5.82 Å². The van der Waals surface area contributed by atoms with Crippen molar-refractivity contribution in [1.29, 1.82) is 0 Å². The van der Waals surface area contributed by atoms with Crippen molar-refractivity contribution in [2.45, 2.75) is 57.2 Å². The second kappa shape index (κ2) is 9.70. The quantitative estimate of drug-likeness (QED) is 0.505. The molecule has 2 fully saturated rings. The van der Waals surface area contributed by atoms with E-state index in [1.807, 2.05) is 42.5 Å². The van der Waals surface area contributed by atoms with Gasteiger partial charge in [0, 0.05) is 17.6 Å². The molecule has 0 bridgehead atoms. The van der Waals surface area contributed by atoms with Crippen LogP contribution in [0.15, 0.2) is 60.8 Å². The van der Waals surface area contributed by atoms with Gasteiger partial charge in [0.05, 0.1) is 40.8 Å². The Morgan fingerprint density at radius 1 is 1.13 bits per heavy atom. The van der Waals surface area contributed by atoms with Crippen molar-refractivity contribution in [2.24, 2.45) is 11.3 Å². The van der Waals surface area contributed by atoms with Crippen molar-refractivity contribution in [3.63, 3.8) is 0 Å². The van der Waals surface area contributed by atoms with E-state index in [4.69, 9.17) is 0 Å². The largest absolute Gasteiger partial charge is 0.350 e. The van der Waals surface area contributed by atoms with Crippen LogP contribution >= 0.6 is 0 Å². The molecular formula is C30H29F3N4O2. The summed E-state index contributed by atoms with van der Waals surface area (Å²) in [5.41, 5.74) is 0.00435. The Kier molecular flexibility index (Phi) is 6.32. The van der Waals surface area contributed by atoms with Crippen molar-refractivity contribution >= 4 is 24.0 Å². The van der Waals surface area contributed by atoms with Crippen LogP contribution in [0.3, 0.4) is 0 Å². The number of aromatic nitrogens is 2. The normalized spacial score (nSPS) is 26.2. The van der Waals surface area contributed by atoms with Crippen LogP contribution in [0.2, 0.25) is 0 Å². The number of amides is 2. The highest BCUT2D eigenvalue weighted by Crippen LogP contribution is 2.49. The van der Waals surface area contributed by atoms with E-state index >= 15 is 0 Å². The number of alkyl halides is 2. The summed E-state index contributed by atoms with van der Waals surface area (Å²) in [7, 11) is 0. The molecule has 3 aliphatic rings. The first-order valence-electron chi connectivity index (χ1n) is 13.2. The predicted octanol–water partition coefficient (Wildman–Crippen LogP) is 3.48. The van der Waals surface area contributed by atoms with E-state index in [9.17, 15) is 22.8 Å². The molecule has 0 radical (unpaired) electrons. The number of nitrogens with zero attached hydrogens (tertiary/aromatic N) is 3. The summed E-state index contributed by atoms with van der Waals surface area (Å²) in [6.45, 7) is 1.56. The average molecular weight is 535 g/mol. The minimum atomic E-state index is -2.71. The summed E-state index contributed by atoms with van der Waals surface area (Å²) in [6.07, 6.45) is 4.20. The molecule has 1 unspecified atom stereocenters. The van der Waals surface area contributed by atoms with Gasteiger partial charge in [-0.05, 0) is 56.0 Å². The third kappa shape index (κ3) is 4.53. The number of halogens is 3. The van der Waals surface area contributed by atoms with Crippen LogP contribution in [0.4, 0.5) is 13.2 Å². The van der Waals surface area contributed by atoms with Gasteiger partial charge in [0.15, 0.2) is 0 Å². The van der Waals surface area contributed by atoms with Crippen LogP contribution in [0.5, 0.6) is 0 Å². The molecule has 39 heavy (non-hydrogen) atoms. The van der Waals surface area contributed by atoms with Crippen LogP contribution in [0, 0.1) is 17.2 Å². The minimum absolute atomic E-state index is 0.129. The fourth-order valence-corrected chi connectivity index (χ4v) is 6.01. The molecule has 2 aromatic carbocycles. The Bertz CT molecular complexity index is 1520. The molecule has 4 atom stereocenters. The van der Waals surface area contributed by atoms with E-state index in [1.165, 1.54) is 12.1 Å². The van der Waals surface area contributed by atoms with Crippen LogP contribution in [0.25, 0.3) is 17.8 Å². The molecule has 1 saturated carbocycles. The maximum absolute atomic E-state index is 14.1. The number of hydrogen-bond donors (Lipinski definition) is 1. The molecule has 9 heteroatoms. The van der Waals surface area contributed by atoms with Crippen molar-refractivity contribution in [3.05, 3.63) is 82.7 Å². The zero-order chi connectivity index (χ0) is 27.3. The van der Waals surface area contributed by atoms with Gasteiger partial charge in [-0.15, -0.1) is 0 Å². The van der Waals surface area contributed by atoms with Crippen molar-refractivity contribution in [2.75, 3.05) is 0 Å². The van der Waals surface area contributed by atoms with Gasteiger partial charge in [0.25, 0.3) is 0 Å². The Labute approximate surface area is 223 Å². The summed E-state index contributed by atoms with van der Waals surface area (Å²) < 4.78 is 43.0. The molecule has 0 spiro atoms. The average Bonchev–Trinajstić information content (AvgIpc) is 3.66. The lowest BCUT2D eigenvalue weighted by Gasteiger charge is -2.34. The van der Waals surface area contributed by atoms with E-state index in [1.54, 1.807) is 34.8 Å². The summed E-state index contributed by atoms with van der Waals surface area (Å²) in [4.78, 5) is 28.8. The number of carbonyl (C=O) groups excluding carboxylic acids is 2. The summed E-state index contributed by atoms with van der Waals surface area (Å²) in [5, 5.41) is 9.11. The Balaban J connectivity index is 1.43. The zero-order valence-corrected chi connectivity index (χ0v) is 21.4. The van der Waals surface area contributed by atoms with Crippen molar-refractivity contribution < 1.29 is 22.8 Å². The fourth-order valence-electron chi connectivity index (χ4n) is 6.01. The maximum Gasteiger partial charge on any atom is 0.239 e. The number of benzene rings is 2. The van der Waals surface area contributed by atoms with Crippen molar-refractivity contribution in [3.8, 4) is 5.69 Å². The topological polar surface area (TPSA) is 67.2 Å². The Morgan fingerprint density at radius 3 is 2.51 bits per heavy atom. The zero-order valence-electron chi connectivity index (χ0n) is 21.4. The fraction of sp³-hybridized carbons (Fsp3) is 0.367. The van der Waals surface area contributed by atoms with E-state index in [0.29, 0.717) is 12.1 Å². The van der Waals surface area contributed by atoms with Crippen molar-refractivity contribution in [1.82, 2.24) is 20.0 Å². The maximum atomic E-state index is 14.1. The molecule has 2 aliphatic carbocycles. The highest BCUT2D eigenvalue weighted by molar-refractivity contribution is 5.90. The van der Waals surface area contributed by atoms with E-state index in [-0.39, 0.29) is 17.6 Å². The van der Waals surface area contributed by atoms with Gasteiger partial charge >= 0.3 is 0 Å². The van der Waals surface area contributed by atoms with Gasteiger partial charge < -0.3 is 10.2 Å². The number of carbonyl (C=O) groups is 2. The highest BCUT2D eigenvalue weighted by Gasteiger charge is 2.59. The van der Waals surface area contributed by atoms with Crippen LogP contribution in [-0.2, 0) is 9.59 Å². The first-order valence-corrected chi connectivity index (χ1v) is 13.2. The number of hydrogen-bond acceptors (Lipinski definition) is 3. The van der Waals surface area contributed by atoms with Crippen LogP contribution < -0.4 is 15.9 Å². The molecule has 202 valence electrons. The first kappa shape index (κ1) is 25.4. The highest BCUT2D eigenvalue weighted by atomic mass is 19.3. The summed E-state index contributed by atoms with van der Waals surface area (Å²) in [5.74, 6) is -1.05. The second-order valence-corrected chi connectivity index (χ2v) is 10.9. The number of rotatable bonds is 7. The van der Waals surface area contributed by atoms with E-state index in [0.717, 1.165) is 29.0 Å². The van der Waals surface area contributed by atoms with Gasteiger partial charge in [-0.2, -0.15) is 5.10 Å². The number of nitrogens with one attached hydrogen (secondary N) is 1. The predicted molar refractivity (Wildman–Crippen MR) is 140 cm³/mol. The lowest BCUT2D eigenvalue weighted by Crippen LogP contribution is -2.49. The first-order chi connectivity index (χ1) is 18.8. The lowest BCUT2D eigenvalue weighted by atomic mass is 9.77. The Hall–Kier alpha value is -3.88. The lowest BCUT2D eigenvalue weighted by molar-refractivity contribution is -0.139.